The number of benzene rings is 2. The van der Waals surface area contributed by atoms with Gasteiger partial charge in [-0.25, -0.2) is 13.2 Å². The third-order valence-electron chi connectivity index (χ3n) is 10.3. The van der Waals surface area contributed by atoms with Gasteiger partial charge in [-0.05, 0) is 55.7 Å². The Morgan fingerprint density at radius 2 is 1.89 bits per heavy atom. The molecule has 2 aromatic heterocycles. The monoisotopic (exact) mass is 629 g/mol. The molecule has 3 aliphatic heterocycles. The van der Waals surface area contributed by atoms with Gasteiger partial charge >= 0.3 is 6.01 Å². The Kier molecular flexibility index (Phi) is 7.14. The van der Waals surface area contributed by atoms with Crippen LogP contribution in [0.4, 0.5) is 19.0 Å². The molecule has 9 nitrogen and oxygen atoms in total. The van der Waals surface area contributed by atoms with Crippen LogP contribution in [0.5, 0.6) is 11.8 Å². The van der Waals surface area contributed by atoms with Crippen LogP contribution in [-0.2, 0) is 0 Å². The predicted octanol–water partition coefficient (Wildman–Crippen LogP) is 5.23. The topological polar surface area (TPSA) is 110 Å². The molecule has 0 radical (unpaired) electrons. The highest BCUT2D eigenvalue weighted by Gasteiger charge is 2.41. The predicted molar refractivity (Wildman–Crippen MR) is 166 cm³/mol. The molecule has 8 rings (SSSR count). The summed E-state index contributed by atoms with van der Waals surface area (Å²) in [6.45, 7) is 3.62. The lowest BCUT2D eigenvalue weighted by Crippen LogP contribution is -2.51. The SMILES string of the molecule is N#Cc1c(F)ccc2cc(O)cc(-c3ncc4c(N5CC6CCC(C5)N6)nc(OCC5(CN6CC[C@@H](F)C6)CCC5)nc4c3F)c12. The zero-order chi connectivity index (χ0) is 31.6. The molecule has 1 aliphatic carbocycles. The summed E-state index contributed by atoms with van der Waals surface area (Å²) in [6.07, 6.45) is 6.32. The Morgan fingerprint density at radius 1 is 1.09 bits per heavy atom. The molecule has 3 saturated heterocycles. The van der Waals surface area contributed by atoms with Crippen LogP contribution in [0.25, 0.3) is 32.9 Å². The van der Waals surface area contributed by atoms with E-state index in [0.29, 0.717) is 61.3 Å². The number of alkyl halides is 1. The Morgan fingerprint density at radius 3 is 2.59 bits per heavy atom. The van der Waals surface area contributed by atoms with E-state index < -0.39 is 17.8 Å². The first-order valence-corrected chi connectivity index (χ1v) is 16.0. The van der Waals surface area contributed by atoms with Crippen LogP contribution in [-0.4, -0.2) is 82.5 Å². The lowest BCUT2D eigenvalue weighted by Gasteiger charge is -2.43. The van der Waals surface area contributed by atoms with Gasteiger partial charge in [0.2, 0.25) is 0 Å². The van der Waals surface area contributed by atoms with Crippen molar-refractivity contribution in [3.8, 4) is 29.1 Å². The molecule has 2 N–H and O–H groups in total. The number of fused-ring (bicyclic) bond motifs is 4. The molecule has 46 heavy (non-hydrogen) atoms. The second kappa shape index (κ2) is 11.2. The minimum atomic E-state index is -0.797. The van der Waals surface area contributed by atoms with E-state index in [4.69, 9.17) is 9.72 Å². The molecule has 4 aromatic rings. The van der Waals surface area contributed by atoms with Crippen molar-refractivity contribution in [1.82, 2.24) is 25.2 Å². The molecule has 1 saturated carbocycles. The van der Waals surface area contributed by atoms with Gasteiger partial charge in [0, 0.05) is 67.4 Å². The molecule has 2 bridgehead atoms. The smallest absolute Gasteiger partial charge is 0.319 e. The number of nitrogens with one attached hydrogen (secondary N) is 1. The molecular formula is C34H34F3N7O2. The zero-order valence-corrected chi connectivity index (χ0v) is 25.3. The van der Waals surface area contributed by atoms with E-state index in [1.54, 1.807) is 0 Å². The van der Waals surface area contributed by atoms with Gasteiger partial charge in [-0.15, -0.1) is 0 Å². The van der Waals surface area contributed by atoms with E-state index in [2.05, 4.69) is 25.1 Å². The highest BCUT2D eigenvalue weighted by atomic mass is 19.1. The largest absolute Gasteiger partial charge is 0.508 e. The van der Waals surface area contributed by atoms with Crippen LogP contribution >= 0.6 is 0 Å². The molecule has 5 heterocycles. The van der Waals surface area contributed by atoms with Crippen molar-refractivity contribution >= 4 is 27.5 Å². The number of pyridine rings is 1. The summed E-state index contributed by atoms with van der Waals surface area (Å²) in [6, 6.07) is 7.78. The molecule has 12 heteroatoms. The molecule has 0 amide bonds. The Hall–Kier alpha value is -4.21. The van der Waals surface area contributed by atoms with Crippen molar-refractivity contribution in [2.75, 3.05) is 44.2 Å². The number of piperazine rings is 1. The van der Waals surface area contributed by atoms with Gasteiger partial charge in [-0.1, -0.05) is 12.5 Å². The van der Waals surface area contributed by atoms with Crippen molar-refractivity contribution in [3.63, 3.8) is 0 Å². The standard InChI is InChI=1S/C34H34F3N7O2/c35-20-6-9-43(14-20)17-34(7-1-8-34)18-46-33-41-31-26(32(42-33)44-15-21-3-4-22(16-44)40-21)13-39-30(29(31)37)24-11-23(45)10-19-2-5-27(36)25(12-38)28(19)24/h2,5,10-11,13,20-22,40,45H,1,3-4,6-9,14-18H2/t20-,21?,22?/m1/s1. The fourth-order valence-corrected chi connectivity index (χ4v) is 7.85. The van der Waals surface area contributed by atoms with E-state index >= 15 is 4.39 Å². The maximum Gasteiger partial charge on any atom is 0.319 e. The average molecular weight is 630 g/mol. The summed E-state index contributed by atoms with van der Waals surface area (Å²) < 4.78 is 51.7. The van der Waals surface area contributed by atoms with Crippen molar-refractivity contribution in [3.05, 3.63) is 47.7 Å². The van der Waals surface area contributed by atoms with Crippen molar-refractivity contribution in [2.24, 2.45) is 5.41 Å². The van der Waals surface area contributed by atoms with Crippen LogP contribution in [0, 0.1) is 28.4 Å². The summed E-state index contributed by atoms with van der Waals surface area (Å²) in [7, 11) is 0. The van der Waals surface area contributed by atoms with Crippen molar-refractivity contribution in [1.29, 1.82) is 5.26 Å². The Bertz CT molecular complexity index is 1880. The van der Waals surface area contributed by atoms with Gasteiger partial charge in [-0.3, -0.25) is 9.88 Å². The van der Waals surface area contributed by atoms with E-state index in [1.165, 1.54) is 24.4 Å². The molecule has 3 atom stereocenters. The number of anilines is 1. The van der Waals surface area contributed by atoms with Crippen molar-refractivity contribution in [2.45, 2.75) is 56.8 Å². The van der Waals surface area contributed by atoms with Gasteiger partial charge in [0.15, 0.2) is 5.82 Å². The number of phenols is 1. The van der Waals surface area contributed by atoms with Gasteiger partial charge in [0.05, 0.1) is 17.6 Å². The number of ether oxygens (including phenoxy) is 1. The highest BCUT2D eigenvalue weighted by molar-refractivity contribution is 6.02. The fraction of sp³-hybridized carbons (Fsp3) is 0.471. The first-order chi connectivity index (χ1) is 22.3. The number of hydrogen-bond donors (Lipinski definition) is 2. The maximum atomic E-state index is 16.8. The molecule has 2 unspecified atom stereocenters. The first kappa shape index (κ1) is 29.2. The average Bonchev–Trinajstić information content (AvgIpc) is 3.60. The fourth-order valence-electron chi connectivity index (χ4n) is 7.85. The van der Waals surface area contributed by atoms with E-state index in [0.717, 1.165) is 51.3 Å². The summed E-state index contributed by atoms with van der Waals surface area (Å²) in [5.74, 6) is -1.18. The van der Waals surface area contributed by atoms with Crippen LogP contribution < -0.4 is 15.0 Å². The molecule has 4 fully saturated rings. The summed E-state index contributed by atoms with van der Waals surface area (Å²) in [5.41, 5.74) is -0.503. The van der Waals surface area contributed by atoms with Gasteiger partial charge in [-0.2, -0.15) is 15.2 Å². The maximum absolute atomic E-state index is 16.8. The third kappa shape index (κ3) is 5.06. The summed E-state index contributed by atoms with van der Waals surface area (Å²) in [4.78, 5) is 18.2. The molecule has 0 spiro atoms. The molecule has 238 valence electrons. The third-order valence-corrected chi connectivity index (χ3v) is 10.3. The van der Waals surface area contributed by atoms with E-state index in [1.807, 2.05) is 6.07 Å². The number of nitriles is 1. The minimum absolute atomic E-state index is 0.00948. The number of nitrogens with zero attached hydrogens (tertiary/aromatic N) is 6. The first-order valence-electron chi connectivity index (χ1n) is 16.0. The second-order valence-electron chi connectivity index (χ2n) is 13.4. The summed E-state index contributed by atoms with van der Waals surface area (Å²) >= 11 is 0. The second-order valence-corrected chi connectivity index (χ2v) is 13.4. The number of aromatic hydroxyl groups is 1. The van der Waals surface area contributed by atoms with Gasteiger partial charge < -0.3 is 20.1 Å². The normalized spacial score (nSPS) is 24.0. The van der Waals surface area contributed by atoms with Crippen LogP contribution in [0.1, 0.15) is 44.1 Å². The van der Waals surface area contributed by atoms with Crippen LogP contribution in [0.3, 0.4) is 0 Å². The number of rotatable bonds is 7. The molecule has 4 aliphatic rings. The number of hydrogen-bond acceptors (Lipinski definition) is 9. The van der Waals surface area contributed by atoms with Gasteiger partial charge in [0.1, 0.15) is 40.8 Å². The number of halogens is 3. The Labute approximate surface area is 264 Å². The molecule has 2 aromatic carbocycles. The summed E-state index contributed by atoms with van der Waals surface area (Å²) in [5, 5.41) is 24.8. The van der Waals surface area contributed by atoms with Gasteiger partial charge in [0.25, 0.3) is 0 Å². The number of phenolic OH excluding ortho intramolecular Hbond substituents is 1. The van der Waals surface area contributed by atoms with Crippen LogP contribution in [0.15, 0.2) is 30.5 Å². The number of likely N-dealkylation sites (tertiary alicyclic amines) is 1. The minimum Gasteiger partial charge on any atom is -0.508 e. The lowest BCUT2D eigenvalue weighted by atomic mass is 9.69. The molecular weight excluding hydrogens is 595 g/mol. The van der Waals surface area contributed by atoms with E-state index in [9.17, 15) is 19.1 Å². The van der Waals surface area contributed by atoms with Crippen molar-refractivity contribution < 1.29 is 23.0 Å². The van der Waals surface area contributed by atoms with E-state index in [-0.39, 0.29) is 44.9 Å². The quantitative estimate of drug-likeness (QED) is 0.284. The van der Waals surface area contributed by atoms with Crippen LogP contribution in [0.2, 0.25) is 0 Å². The lowest BCUT2D eigenvalue weighted by molar-refractivity contribution is 0.0196. The highest BCUT2D eigenvalue weighted by Crippen LogP contribution is 2.43. The Balaban J connectivity index is 1.22. The number of aromatic nitrogens is 3. The zero-order valence-electron chi connectivity index (χ0n) is 25.3.